The van der Waals surface area contributed by atoms with Crippen LogP contribution in [-0.2, 0) is 11.2 Å². The molecule has 0 bridgehead atoms. The Kier molecular flexibility index (Phi) is 7.12. The van der Waals surface area contributed by atoms with Crippen LogP contribution in [0.3, 0.4) is 0 Å². The summed E-state index contributed by atoms with van der Waals surface area (Å²) in [5.74, 6) is 1.32. The molecule has 8 heteroatoms. The van der Waals surface area contributed by atoms with E-state index in [0.717, 1.165) is 5.56 Å². The van der Waals surface area contributed by atoms with Gasteiger partial charge in [0.25, 0.3) is 5.22 Å². The van der Waals surface area contributed by atoms with Crippen LogP contribution >= 0.6 is 23.4 Å². The molecule has 0 radical (unpaired) electrons. The lowest BCUT2D eigenvalue weighted by atomic mass is 10.2. The first kappa shape index (κ1) is 19.3. The van der Waals surface area contributed by atoms with Gasteiger partial charge in [0.2, 0.25) is 11.8 Å². The normalized spacial score (nSPS) is 10.6. The zero-order valence-electron chi connectivity index (χ0n) is 14.4. The molecule has 1 aromatic heterocycles. The van der Waals surface area contributed by atoms with E-state index in [-0.39, 0.29) is 11.7 Å². The number of carbonyl (C=O) groups excluding carboxylic acids is 1. The standard InChI is InChI=1S/C19H18ClN3O3S/c20-15-6-8-16(9-7-15)25-11-10-21-17(24)13-27-19-23-22-18(26-19)12-14-4-2-1-3-5-14/h1-9H,10-13H2,(H,21,24). The van der Waals surface area contributed by atoms with Gasteiger partial charge in [-0.1, -0.05) is 53.7 Å². The molecule has 0 saturated carbocycles. The maximum Gasteiger partial charge on any atom is 0.277 e. The maximum absolute atomic E-state index is 11.9. The first-order chi connectivity index (χ1) is 13.2. The average Bonchev–Trinajstić information content (AvgIpc) is 3.13. The fraction of sp³-hybridized carbons (Fsp3) is 0.211. The number of nitrogens with zero attached hydrogens (tertiary/aromatic N) is 2. The predicted molar refractivity (Wildman–Crippen MR) is 104 cm³/mol. The van der Waals surface area contributed by atoms with Crippen LogP contribution in [0.5, 0.6) is 5.75 Å². The van der Waals surface area contributed by atoms with Crippen LogP contribution in [0.15, 0.2) is 64.2 Å². The van der Waals surface area contributed by atoms with Crippen LogP contribution in [0.4, 0.5) is 0 Å². The minimum absolute atomic E-state index is 0.123. The third-order valence-corrected chi connectivity index (χ3v) is 4.55. The lowest BCUT2D eigenvalue weighted by Gasteiger charge is -2.07. The van der Waals surface area contributed by atoms with E-state index in [0.29, 0.717) is 41.5 Å². The van der Waals surface area contributed by atoms with Gasteiger partial charge < -0.3 is 14.5 Å². The highest BCUT2D eigenvalue weighted by Crippen LogP contribution is 2.17. The van der Waals surface area contributed by atoms with E-state index in [4.69, 9.17) is 20.8 Å². The highest BCUT2D eigenvalue weighted by atomic mass is 35.5. The van der Waals surface area contributed by atoms with Crippen molar-refractivity contribution in [1.82, 2.24) is 15.5 Å². The molecule has 0 atom stereocenters. The van der Waals surface area contributed by atoms with E-state index in [2.05, 4.69) is 15.5 Å². The van der Waals surface area contributed by atoms with Crippen molar-refractivity contribution in [3.8, 4) is 5.75 Å². The SMILES string of the molecule is O=C(CSc1nnc(Cc2ccccc2)o1)NCCOc1ccc(Cl)cc1. The van der Waals surface area contributed by atoms with Gasteiger partial charge in [0.15, 0.2) is 0 Å². The number of benzene rings is 2. The molecule has 1 heterocycles. The second-order valence-electron chi connectivity index (χ2n) is 5.57. The monoisotopic (exact) mass is 403 g/mol. The number of nitrogens with one attached hydrogen (secondary N) is 1. The van der Waals surface area contributed by atoms with E-state index in [1.807, 2.05) is 30.3 Å². The Bertz CT molecular complexity index is 856. The summed E-state index contributed by atoms with van der Waals surface area (Å²) in [6.45, 7) is 0.783. The second kappa shape index (κ2) is 9.99. The Labute approximate surface area is 166 Å². The van der Waals surface area contributed by atoms with Gasteiger partial charge in [-0.25, -0.2) is 0 Å². The number of hydrogen-bond acceptors (Lipinski definition) is 6. The van der Waals surface area contributed by atoms with Gasteiger partial charge in [0.05, 0.1) is 18.7 Å². The highest BCUT2D eigenvalue weighted by Gasteiger charge is 2.10. The van der Waals surface area contributed by atoms with Crippen molar-refractivity contribution in [2.75, 3.05) is 18.9 Å². The molecule has 140 valence electrons. The van der Waals surface area contributed by atoms with E-state index in [1.54, 1.807) is 24.3 Å². The Morgan fingerprint density at radius 2 is 1.89 bits per heavy atom. The molecule has 27 heavy (non-hydrogen) atoms. The molecule has 0 aliphatic heterocycles. The maximum atomic E-state index is 11.9. The van der Waals surface area contributed by atoms with Gasteiger partial charge in [-0.05, 0) is 29.8 Å². The lowest BCUT2D eigenvalue weighted by Crippen LogP contribution is -2.29. The Hall–Kier alpha value is -2.51. The molecule has 2 aromatic carbocycles. The highest BCUT2D eigenvalue weighted by molar-refractivity contribution is 7.99. The molecule has 0 aliphatic carbocycles. The fourth-order valence-electron chi connectivity index (χ4n) is 2.21. The Balaban J connectivity index is 1.34. The third kappa shape index (κ3) is 6.62. The largest absolute Gasteiger partial charge is 0.492 e. The predicted octanol–water partition coefficient (Wildman–Crippen LogP) is 3.60. The summed E-state index contributed by atoms with van der Waals surface area (Å²) in [4.78, 5) is 11.9. The summed E-state index contributed by atoms with van der Waals surface area (Å²) in [5.41, 5.74) is 1.09. The van der Waals surface area contributed by atoms with Crippen LogP contribution in [0.2, 0.25) is 5.02 Å². The number of ether oxygens (including phenoxy) is 1. The van der Waals surface area contributed by atoms with Crippen molar-refractivity contribution in [2.24, 2.45) is 0 Å². The van der Waals surface area contributed by atoms with Crippen LogP contribution < -0.4 is 10.1 Å². The summed E-state index contributed by atoms with van der Waals surface area (Å²) >= 11 is 7.02. The van der Waals surface area contributed by atoms with Crippen LogP contribution in [0, 0.1) is 0 Å². The minimum atomic E-state index is -0.123. The van der Waals surface area contributed by atoms with Gasteiger partial charge in [0, 0.05) is 5.02 Å². The smallest absolute Gasteiger partial charge is 0.277 e. The van der Waals surface area contributed by atoms with Crippen LogP contribution in [-0.4, -0.2) is 35.0 Å². The first-order valence-corrected chi connectivity index (χ1v) is 9.69. The molecule has 1 N–H and O–H groups in total. The van der Waals surface area contributed by atoms with Crippen molar-refractivity contribution in [3.05, 3.63) is 71.1 Å². The van der Waals surface area contributed by atoms with Crippen molar-refractivity contribution in [1.29, 1.82) is 0 Å². The summed E-state index contributed by atoms with van der Waals surface area (Å²) in [5, 5.41) is 11.8. The molecule has 1 amide bonds. The summed E-state index contributed by atoms with van der Waals surface area (Å²) in [7, 11) is 0. The van der Waals surface area contributed by atoms with Crippen molar-refractivity contribution in [2.45, 2.75) is 11.6 Å². The molecule has 0 fully saturated rings. The van der Waals surface area contributed by atoms with Gasteiger partial charge in [-0.3, -0.25) is 4.79 Å². The average molecular weight is 404 g/mol. The van der Waals surface area contributed by atoms with E-state index < -0.39 is 0 Å². The van der Waals surface area contributed by atoms with E-state index in [1.165, 1.54) is 11.8 Å². The van der Waals surface area contributed by atoms with Crippen molar-refractivity contribution >= 4 is 29.3 Å². The van der Waals surface area contributed by atoms with Crippen molar-refractivity contribution in [3.63, 3.8) is 0 Å². The molecular weight excluding hydrogens is 386 g/mol. The number of rotatable bonds is 9. The van der Waals surface area contributed by atoms with E-state index >= 15 is 0 Å². The van der Waals surface area contributed by atoms with Gasteiger partial charge >= 0.3 is 0 Å². The number of thioether (sulfide) groups is 1. The van der Waals surface area contributed by atoms with Crippen LogP contribution in [0.25, 0.3) is 0 Å². The molecule has 0 unspecified atom stereocenters. The summed E-state index contributed by atoms with van der Waals surface area (Å²) < 4.78 is 11.1. The van der Waals surface area contributed by atoms with E-state index in [9.17, 15) is 4.79 Å². The fourth-order valence-corrected chi connectivity index (χ4v) is 2.94. The first-order valence-electron chi connectivity index (χ1n) is 8.33. The van der Waals surface area contributed by atoms with Crippen molar-refractivity contribution < 1.29 is 13.9 Å². The molecule has 0 aliphatic rings. The Morgan fingerprint density at radius 1 is 1.11 bits per heavy atom. The number of hydrogen-bond donors (Lipinski definition) is 1. The molecular formula is C19H18ClN3O3S. The third-order valence-electron chi connectivity index (χ3n) is 3.48. The van der Waals surface area contributed by atoms with Gasteiger partial charge in [-0.15, -0.1) is 10.2 Å². The quantitative estimate of drug-likeness (QED) is 0.434. The zero-order chi connectivity index (χ0) is 18.9. The number of halogens is 1. The molecule has 6 nitrogen and oxygen atoms in total. The minimum Gasteiger partial charge on any atom is -0.492 e. The molecule has 3 aromatic rings. The van der Waals surface area contributed by atoms with Crippen LogP contribution in [0.1, 0.15) is 11.5 Å². The summed E-state index contributed by atoms with van der Waals surface area (Å²) in [6.07, 6.45) is 0.572. The summed E-state index contributed by atoms with van der Waals surface area (Å²) in [6, 6.07) is 16.9. The topological polar surface area (TPSA) is 77.2 Å². The lowest BCUT2D eigenvalue weighted by molar-refractivity contribution is -0.118. The number of amides is 1. The second-order valence-corrected chi connectivity index (χ2v) is 6.93. The zero-order valence-corrected chi connectivity index (χ0v) is 16.0. The van der Waals surface area contributed by atoms with Gasteiger partial charge in [0.1, 0.15) is 12.4 Å². The molecule has 3 rings (SSSR count). The number of aromatic nitrogens is 2. The Morgan fingerprint density at radius 3 is 2.67 bits per heavy atom. The van der Waals surface area contributed by atoms with Gasteiger partial charge in [-0.2, -0.15) is 0 Å². The molecule has 0 saturated heterocycles. The number of carbonyl (C=O) groups is 1. The molecule has 0 spiro atoms.